The van der Waals surface area contributed by atoms with Crippen molar-refractivity contribution in [3.63, 3.8) is 0 Å². The molecule has 8 atom stereocenters. The van der Waals surface area contributed by atoms with Gasteiger partial charge in [-0.3, -0.25) is 0 Å². The molecular formula is C22H38O5. The van der Waals surface area contributed by atoms with Gasteiger partial charge in [0.15, 0.2) is 6.29 Å². The van der Waals surface area contributed by atoms with Gasteiger partial charge in [-0.25, -0.2) is 0 Å². The molecule has 156 valence electrons. The first-order valence-corrected chi connectivity index (χ1v) is 10.9. The molecule has 2 saturated carbocycles. The summed E-state index contributed by atoms with van der Waals surface area (Å²) in [7, 11) is 0. The van der Waals surface area contributed by atoms with Gasteiger partial charge in [-0.15, -0.1) is 0 Å². The van der Waals surface area contributed by atoms with E-state index >= 15 is 0 Å². The van der Waals surface area contributed by atoms with Crippen LogP contribution in [0.2, 0.25) is 0 Å². The largest absolute Gasteiger partial charge is 0.396 e. The van der Waals surface area contributed by atoms with Gasteiger partial charge in [0.25, 0.3) is 0 Å². The van der Waals surface area contributed by atoms with Crippen LogP contribution in [-0.2, 0) is 14.2 Å². The summed E-state index contributed by atoms with van der Waals surface area (Å²) in [5.41, 5.74) is -0.766. The second-order valence-electron chi connectivity index (χ2n) is 10.3. The van der Waals surface area contributed by atoms with E-state index in [-0.39, 0.29) is 42.0 Å². The molecule has 2 aliphatic carbocycles. The summed E-state index contributed by atoms with van der Waals surface area (Å²) >= 11 is 0. The van der Waals surface area contributed by atoms with Crippen molar-refractivity contribution in [3.8, 4) is 0 Å². The Bertz CT molecular complexity index is 569. The number of aliphatic hydroxyl groups excluding tert-OH is 2. The van der Waals surface area contributed by atoms with Gasteiger partial charge in [-0.1, -0.05) is 20.8 Å². The molecule has 2 aliphatic heterocycles. The molecule has 0 unspecified atom stereocenters. The number of rotatable bonds is 3. The van der Waals surface area contributed by atoms with E-state index in [9.17, 15) is 10.2 Å². The van der Waals surface area contributed by atoms with Gasteiger partial charge in [-0.2, -0.15) is 0 Å². The van der Waals surface area contributed by atoms with E-state index in [0.717, 1.165) is 38.7 Å². The van der Waals surface area contributed by atoms with E-state index in [1.165, 1.54) is 6.42 Å². The van der Waals surface area contributed by atoms with E-state index in [0.29, 0.717) is 18.3 Å². The first-order chi connectivity index (χ1) is 12.8. The number of hydrogen-bond acceptors (Lipinski definition) is 5. The average molecular weight is 383 g/mol. The Hall–Kier alpha value is -0.200. The molecule has 0 aromatic heterocycles. The number of aliphatic hydroxyl groups is 2. The summed E-state index contributed by atoms with van der Waals surface area (Å²) in [6.45, 7) is 9.93. The second kappa shape index (κ2) is 6.66. The van der Waals surface area contributed by atoms with Gasteiger partial charge in [0, 0.05) is 23.9 Å². The summed E-state index contributed by atoms with van der Waals surface area (Å²) in [4.78, 5) is 0. The SMILES string of the molecule is C[C@H]1OC[C@]2(C)[C@H](CC[C@@]3(C)[C@@H]2CC[C@@H](C)[C@]32CC[C@@](CO)(CCO)O2)O1. The minimum atomic E-state index is -0.584. The predicted octanol–water partition coefficient (Wildman–Crippen LogP) is 3.26. The van der Waals surface area contributed by atoms with E-state index in [4.69, 9.17) is 14.2 Å². The first kappa shape index (κ1) is 20.1. The minimum Gasteiger partial charge on any atom is -0.396 e. The normalized spacial score (nSPS) is 55.3. The fraction of sp³-hybridized carbons (Fsp3) is 1.00. The van der Waals surface area contributed by atoms with Crippen LogP contribution in [0.5, 0.6) is 0 Å². The van der Waals surface area contributed by atoms with E-state index in [1.54, 1.807) is 0 Å². The number of hydrogen-bond donors (Lipinski definition) is 2. The zero-order chi connectivity index (χ0) is 19.5. The maximum Gasteiger partial charge on any atom is 0.155 e. The first-order valence-electron chi connectivity index (χ1n) is 10.9. The predicted molar refractivity (Wildman–Crippen MR) is 102 cm³/mol. The fourth-order valence-corrected chi connectivity index (χ4v) is 7.46. The summed E-state index contributed by atoms with van der Waals surface area (Å²) < 4.78 is 19.1. The highest BCUT2D eigenvalue weighted by Crippen LogP contribution is 2.68. The third-order valence-corrected chi connectivity index (χ3v) is 9.07. The Kier molecular flexibility index (Phi) is 4.96. The maximum absolute atomic E-state index is 10.1. The van der Waals surface area contributed by atoms with Crippen molar-refractivity contribution >= 4 is 0 Å². The molecule has 27 heavy (non-hydrogen) atoms. The van der Waals surface area contributed by atoms with Gasteiger partial charge in [0.1, 0.15) is 0 Å². The highest BCUT2D eigenvalue weighted by atomic mass is 16.7. The summed E-state index contributed by atoms with van der Waals surface area (Å²) in [6.07, 6.45) is 6.92. The quantitative estimate of drug-likeness (QED) is 0.784. The van der Waals surface area contributed by atoms with Gasteiger partial charge in [-0.05, 0) is 57.3 Å². The molecule has 4 rings (SSSR count). The van der Waals surface area contributed by atoms with Crippen molar-refractivity contribution in [3.05, 3.63) is 0 Å². The zero-order valence-electron chi connectivity index (χ0n) is 17.5. The lowest BCUT2D eigenvalue weighted by atomic mass is 9.43. The van der Waals surface area contributed by atoms with Crippen molar-refractivity contribution in [2.24, 2.45) is 22.7 Å². The Morgan fingerprint density at radius 1 is 1.00 bits per heavy atom. The Balaban J connectivity index is 1.70. The molecule has 2 N–H and O–H groups in total. The lowest BCUT2D eigenvalue weighted by molar-refractivity contribution is -0.325. The number of ether oxygens (including phenoxy) is 3. The van der Waals surface area contributed by atoms with Crippen LogP contribution in [0.4, 0.5) is 0 Å². The third-order valence-electron chi connectivity index (χ3n) is 9.07. The molecule has 4 fully saturated rings. The Morgan fingerprint density at radius 2 is 1.78 bits per heavy atom. The van der Waals surface area contributed by atoms with Gasteiger partial charge in [0.05, 0.1) is 30.5 Å². The van der Waals surface area contributed by atoms with Crippen molar-refractivity contribution in [2.75, 3.05) is 19.8 Å². The zero-order valence-corrected chi connectivity index (χ0v) is 17.5. The Morgan fingerprint density at radius 3 is 2.48 bits per heavy atom. The van der Waals surface area contributed by atoms with Crippen LogP contribution in [0.15, 0.2) is 0 Å². The summed E-state index contributed by atoms with van der Waals surface area (Å²) in [6, 6.07) is 0. The molecule has 2 heterocycles. The highest BCUT2D eigenvalue weighted by Gasteiger charge is 2.69. The monoisotopic (exact) mass is 382 g/mol. The fourth-order valence-electron chi connectivity index (χ4n) is 7.46. The maximum atomic E-state index is 10.1. The topological polar surface area (TPSA) is 68.2 Å². The third kappa shape index (κ3) is 2.68. The molecule has 5 heteroatoms. The van der Waals surface area contributed by atoms with Crippen LogP contribution in [0.3, 0.4) is 0 Å². The second-order valence-corrected chi connectivity index (χ2v) is 10.3. The minimum absolute atomic E-state index is 0.00753. The van der Waals surface area contributed by atoms with E-state index < -0.39 is 5.60 Å². The average Bonchev–Trinajstić information content (AvgIpc) is 3.03. The van der Waals surface area contributed by atoms with Crippen LogP contribution in [-0.4, -0.2) is 53.6 Å². The lowest BCUT2D eigenvalue weighted by Crippen LogP contribution is -2.68. The van der Waals surface area contributed by atoms with Gasteiger partial charge < -0.3 is 24.4 Å². The lowest BCUT2D eigenvalue weighted by Gasteiger charge is -2.66. The van der Waals surface area contributed by atoms with Gasteiger partial charge >= 0.3 is 0 Å². The molecule has 0 aromatic rings. The van der Waals surface area contributed by atoms with Crippen LogP contribution in [0.1, 0.15) is 72.6 Å². The highest BCUT2D eigenvalue weighted by molar-refractivity contribution is 5.18. The summed E-state index contributed by atoms with van der Waals surface area (Å²) in [5, 5.41) is 19.7. The number of fused-ring (bicyclic) bond motifs is 4. The Labute approximate surface area is 163 Å². The molecule has 2 saturated heterocycles. The molecule has 5 nitrogen and oxygen atoms in total. The van der Waals surface area contributed by atoms with E-state index in [1.807, 2.05) is 6.92 Å². The molecule has 0 aromatic carbocycles. The molecule has 0 bridgehead atoms. The molecular weight excluding hydrogens is 344 g/mol. The standard InChI is InChI=1S/C22H38O5/c1-15-5-6-17-19(3)14-25-16(2)26-18(19)7-8-20(17,4)22(15)10-9-21(13-24,27-22)11-12-23/h15-18,23-24H,5-14H2,1-4H3/t15-,16+,17-,18+,19+,20+,21+,22-/m1/s1. The van der Waals surface area contributed by atoms with Crippen molar-refractivity contribution in [2.45, 2.75) is 96.2 Å². The van der Waals surface area contributed by atoms with E-state index in [2.05, 4.69) is 20.8 Å². The van der Waals surface area contributed by atoms with Crippen LogP contribution >= 0.6 is 0 Å². The smallest absolute Gasteiger partial charge is 0.155 e. The molecule has 0 amide bonds. The molecule has 4 aliphatic rings. The van der Waals surface area contributed by atoms with Crippen molar-refractivity contribution in [1.29, 1.82) is 0 Å². The van der Waals surface area contributed by atoms with Crippen LogP contribution in [0, 0.1) is 22.7 Å². The summed E-state index contributed by atoms with van der Waals surface area (Å²) in [5.74, 6) is 0.937. The molecule has 1 spiro atoms. The van der Waals surface area contributed by atoms with Crippen molar-refractivity contribution < 1.29 is 24.4 Å². The van der Waals surface area contributed by atoms with Gasteiger partial charge in [0.2, 0.25) is 0 Å². The van der Waals surface area contributed by atoms with Crippen molar-refractivity contribution in [1.82, 2.24) is 0 Å². The molecule has 0 radical (unpaired) electrons. The van der Waals surface area contributed by atoms with Crippen LogP contribution in [0.25, 0.3) is 0 Å². The van der Waals surface area contributed by atoms with Crippen LogP contribution < -0.4 is 0 Å².